The Kier molecular flexibility index (Phi) is 6.73. The highest BCUT2D eigenvalue weighted by Gasteiger charge is 2.48. The number of rotatable bonds is 7. The van der Waals surface area contributed by atoms with Crippen LogP contribution in [0.5, 0.6) is 0 Å². The number of nitrogens with one attached hydrogen (secondary N) is 1. The molecule has 1 N–H and O–H groups in total. The lowest BCUT2D eigenvalue weighted by Crippen LogP contribution is -2.55. The fraction of sp³-hybridized carbons (Fsp3) is 0.640. The van der Waals surface area contributed by atoms with E-state index in [1.807, 2.05) is 14.0 Å². The first-order valence-corrected chi connectivity index (χ1v) is 11.1. The fourth-order valence-electron chi connectivity index (χ4n) is 5.08. The van der Waals surface area contributed by atoms with Crippen molar-refractivity contribution in [3.05, 3.63) is 47.5 Å². The molecule has 0 aromatic heterocycles. The molecular formula is C25H34F3NO2. The van der Waals surface area contributed by atoms with E-state index in [-0.39, 0.29) is 23.0 Å². The van der Waals surface area contributed by atoms with E-state index in [1.54, 1.807) is 6.07 Å². The van der Waals surface area contributed by atoms with Gasteiger partial charge in [-0.05, 0) is 73.1 Å². The molecular weight excluding hydrogens is 403 g/mol. The molecule has 1 saturated heterocycles. The van der Waals surface area contributed by atoms with E-state index in [4.69, 9.17) is 4.74 Å². The van der Waals surface area contributed by atoms with Crippen molar-refractivity contribution in [3.63, 3.8) is 0 Å². The lowest BCUT2D eigenvalue weighted by atomic mass is 9.55. The number of halogens is 3. The van der Waals surface area contributed by atoms with Gasteiger partial charge in [0.25, 0.3) is 0 Å². The highest BCUT2D eigenvalue weighted by Crippen LogP contribution is 2.54. The molecule has 0 amide bonds. The van der Waals surface area contributed by atoms with Crippen LogP contribution in [0.2, 0.25) is 0 Å². The Bertz CT molecular complexity index is 818. The molecule has 31 heavy (non-hydrogen) atoms. The molecule has 3 nitrogen and oxygen atoms in total. The van der Waals surface area contributed by atoms with Crippen LogP contribution in [0.4, 0.5) is 13.2 Å². The lowest BCUT2D eigenvalue weighted by Gasteiger charge is -2.50. The third kappa shape index (κ3) is 4.61. The number of carbonyl (C=O) groups is 1. The van der Waals surface area contributed by atoms with Gasteiger partial charge in [-0.2, -0.15) is 13.2 Å². The zero-order valence-corrected chi connectivity index (χ0v) is 18.9. The molecule has 0 radical (unpaired) electrons. The van der Waals surface area contributed by atoms with Gasteiger partial charge in [-0.25, -0.2) is 0 Å². The number of hydrogen-bond donors (Lipinski definition) is 1. The zero-order chi connectivity index (χ0) is 23.0. The monoisotopic (exact) mass is 437 g/mol. The third-order valence-corrected chi connectivity index (χ3v) is 8.06. The van der Waals surface area contributed by atoms with E-state index in [9.17, 15) is 18.0 Å². The van der Waals surface area contributed by atoms with Gasteiger partial charge in [0, 0.05) is 13.2 Å². The fourth-order valence-corrected chi connectivity index (χ4v) is 5.08. The minimum absolute atomic E-state index is 0.0381. The number of ketones is 1. The Morgan fingerprint density at radius 2 is 1.84 bits per heavy atom. The summed E-state index contributed by atoms with van der Waals surface area (Å²) in [7, 11) is 1.82. The molecule has 1 saturated carbocycles. The molecule has 1 aliphatic heterocycles. The normalized spacial score (nSPS) is 24.9. The Labute approximate surface area is 183 Å². The predicted molar refractivity (Wildman–Crippen MR) is 116 cm³/mol. The highest BCUT2D eigenvalue weighted by atomic mass is 19.4. The minimum atomic E-state index is -4.34. The standard InChI is InChI=1S/C25H34F3NO2/c1-16(22(30)24(29-5)9-11-31-12-10-24)19-14-21(15-19)23(3,4)17(2)18-7-6-8-20(13-18)25(26,27)28/h6-8,13,17,19,21,29H,1,9-12,14-15H2,2-5H3. The molecule has 6 heteroatoms. The van der Waals surface area contributed by atoms with Crippen molar-refractivity contribution >= 4 is 5.78 Å². The number of Topliss-reactive ketones (excluding diaryl/α,β-unsaturated/α-hetero) is 1. The summed E-state index contributed by atoms with van der Waals surface area (Å²) in [6, 6.07) is 5.65. The van der Waals surface area contributed by atoms with Crippen molar-refractivity contribution in [2.75, 3.05) is 20.3 Å². The molecule has 2 fully saturated rings. The van der Waals surface area contributed by atoms with Gasteiger partial charge < -0.3 is 10.1 Å². The third-order valence-electron chi connectivity index (χ3n) is 8.06. The lowest BCUT2D eigenvalue weighted by molar-refractivity contribution is -0.137. The Morgan fingerprint density at radius 3 is 2.39 bits per heavy atom. The van der Waals surface area contributed by atoms with E-state index < -0.39 is 17.3 Å². The van der Waals surface area contributed by atoms with Crippen LogP contribution < -0.4 is 5.32 Å². The molecule has 1 aromatic carbocycles. The Hall–Kier alpha value is -1.66. The molecule has 0 bridgehead atoms. The van der Waals surface area contributed by atoms with Gasteiger partial charge in [-0.1, -0.05) is 45.5 Å². The maximum Gasteiger partial charge on any atom is 0.416 e. The van der Waals surface area contributed by atoms with Crippen LogP contribution in [-0.4, -0.2) is 31.6 Å². The van der Waals surface area contributed by atoms with Crippen molar-refractivity contribution in [1.82, 2.24) is 5.32 Å². The number of benzene rings is 1. The molecule has 1 heterocycles. The summed E-state index contributed by atoms with van der Waals surface area (Å²) < 4.78 is 44.8. The first-order chi connectivity index (χ1) is 14.4. The van der Waals surface area contributed by atoms with Gasteiger partial charge in [0.1, 0.15) is 0 Å². The SMILES string of the molecule is C=C(C(=O)C1(NC)CCOCC1)C1CC(C(C)(C)C(C)c2cccc(C(F)(F)F)c2)C1. The zero-order valence-electron chi connectivity index (χ0n) is 18.9. The predicted octanol–water partition coefficient (Wildman–Crippen LogP) is 5.76. The van der Waals surface area contributed by atoms with Crippen molar-refractivity contribution in [3.8, 4) is 0 Å². The largest absolute Gasteiger partial charge is 0.416 e. The topological polar surface area (TPSA) is 38.3 Å². The molecule has 1 atom stereocenters. The van der Waals surface area contributed by atoms with Crippen LogP contribution in [-0.2, 0) is 15.7 Å². The smallest absolute Gasteiger partial charge is 0.381 e. The van der Waals surface area contributed by atoms with Crippen molar-refractivity contribution < 1.29 is 22.7 Å². The second-order valence-electron chi connectivity index (χ2n) is 9.83. The highest BCUT2D eigenvalue weighted by molar-refractivity contribution is 6.02. The molecule has 1 aromatic rings. The minimum Gasteiger partial charge on any atom is -0.381 e. The van der Waals surface area contributed by atoms with Gasteiger partial charge in [0.15, 0.2) is 5.78 Å². The Balaban J connectivity index is 1.66. The summed E-state index contributed by atoms with van der Waals surface area (Å²) in [5.74, 6) is 0.514. The molecule has 2 aliphatic rings. The molecule has 1 unspecified atom stereocenters. The van der Waals surface area contributed by atoms with E-state index in [1.165, 1.54) is 12.1 Å². The summed E-state index contributed by atoms with van der Waals surface area (Å²) in [5.41, 5.74) is 0.00139. The van der Waals surface area contributed by atoms with Crippen molar-refractivity contribution in [1.29, 1.82) is 0 Å². The van der Waals surface area contributed by atoms with Crippen molar-refractivity contribution in [2.24, 2.45) is 17.3 Å². The molecule has 3 rings (SSSR count). The first kappa shape index (κ1) is 24.0. The number of alkyl halides is 3. The van der Waals surface area contributed by atoms with Gasteiger partial charge in [-0.3, -0.25) is 4.79 Å². The second-order valence-corrected chi connectivity index (χ2v) is 9.83. The van der Waals surface area contributed by atoms with Crippen LogP contribution >= 0.6 is 0 Å². The quantitative estimate of drug-likeness (QED) is 0.552. The molecule has 1 aliphatic carbocycles. The summed E-state index contributed by atoms with van der Waals surface area (Å²) in [4.78, 5) is 13.2. The van der Waals surface area contributed by atoms with Gasteiger partial charge in [0.05, 0.1) is 11.1 Å². The summed E-state index contributed by atoms with van der Waals surface area (Å²) in [5, 5.41) is 3.22. The van der Waals surface area contributed by atoms with Crippen molar-refractivity contribution in [2.45, 2.75) is 64.1 Å². The summed E-state index contributed by atoms with van der Waals surface area (Å²) in [6.45, 7) is 11.5. The average Bonchev–Trinajstić information content (AvgIpc) is 2.71. The first-order valence-electron chi connectivity index (χ1n) is 11.1. The van der Waals surface area contributed by atoms with Gasteiger partial charge in [-0.15, -0.1) is 0 Å². The number of carbonyl (C=O) groups excluding carboxylic acids is 1. The number of ether oxygens (including phenoxy) is 1. The number of hydrogen-bond acceptors (Lipinski definition) is 3. The number of likely N-dealkylation sites (N-methyl/N-ethyl adjacent to an activating group) is 1. The van der Waals surface area contributed by atoms with Crippen LogP contribution in [0.3, 0.4) is 0 Å². The van der Waals surface area contributed by atoms with E-state index in [2.05, 4.69) is 25.7 Å². The maximum atomic E-state index is 13.2. The van der Waals surface area contributed by atoms with Crippen LogP contribution in [0.15, 0.2) is 36.4 Å². The van der Waals surface area contributed by atoms with Crippen LogP contribution in [0, 0.1) is 17.3 Å². The average molecular weight is 438 g/mol. The van der Waals surface area contributed by atoms with E-state index in [0.29, 0.717) is 43.1 Å². The summed E-state index contributed by atoms with van der Waals surface area (Å²) in [6.07, 6.45) is -1.35. The Morgan fingerprint density at radius 1 is 1.23 bits per heavy atom. The second kappa shape index (κ2) is 8.70. The van der Waals surface area contributed by atoms with E-state index in [0.717, 1.165) is 18.9 Å². The van der Waals surface area contributed by atoms with E-state index >= 15 is 0 Å². The molecule has 0 spiro atoms. The van der Waals surface area contributed by atoms with Gasteiger partial charge >= 0.3 is 6.18 Å². The van der Waals surface area contributed by atoms with Crippen LogP contribution in [0.25, 0.3) is 0 Å². The van der Waals surface area contributed by atoms with Crippen LogP contribution in [0.1, 0.15) is 63.5 Å². The molecule has 172 valence electrons. The summed E-state index contributed by atoms with van der Waals surface area (Å²) >= 11 is 0. The maximum absolute atomic E-state index is 13.2. The van der Waals surface area contributed by atoms with Gasteiger partial charge in [0.2, 0.25) is 0 Å².